The van der Waals surface area contributed by atoms with Gasteiger partial charge in [0.05, 0.1) is 46.7 Å². The zero-order valence-electron chi connectivity index (χ0n) is 16.0. The molecule has 0 fully saturated rings. The van der Waals surface area contributed by atoms with Gasteiger partial charge in [-0.3, -0.25) is 4.57 Å². The van der Waals surface area contributed by atoms with Gasteiger partial charge in [-0.05, 0) is 38.1 Å². The molecule has 1 aromatic carbocycles. The first kappa shape index (κ1) is 19.8. The van der Waals surface area contributed by atoms with Crippen LogP contribution >= 0.6 is 0 Å². The van der Waals surface area contributed by atoms with Gasteiger partial charge in [0.1, 0.15) is 11.2 Å². The van der Waals surface area contributed by atoms with E-state index in [1.165, 1.54) is 32.2 Å². The van der Waals surface area contributed by atoms with Gasteiger partial charge in [-0.15, -0.1) is 0 Å². The molecule has 30 heavy (non-hydrogen) atoms. The standard InChI is InChI=1S/C20H15F3N2O5/c1-18-7-12(17(28)29-3)19(2,30-18)14-13(18)15(26)25(16(14)27)10-5-4-9(8-24)11(6-10)20(21,22)23/h4-7,26-27H,1-3H3. The Labute approximate surface area is 168 Å². The molecule has 0 amide bonds. The van der Waals surface area contributed by atoms with Crippen LogP contribution in [0.5, 0.6) is 11.8 Å². The molecule has 0 spiro atoms. The number of ether oxygens (including phenoxy) is 2. The van der Waals surface area contributed by atoms with Crippen molar-refractivity contribution in [3.63, 3.8) is 0 Å². The second-order valence-corrected chi connectivity index (χ2v) is 7.36. The molecule has 1 aromatic heterocycles. The normalized spacial score (nSPS) is 24.4. The summed E-state index contributed by atoms with van der Waals surface area (Å²) in [7, 11) is 1.18. The minimum Gasteiger partial charge on any atom is -0.494 e. The first-order valence-corrected chi connectivity index (χ1v) is 8.70. The van der Waals surface area contributed by atoms with Crippen molar-refractivity contribution in [2.45, 2.75) is 31.2 Å². The van der Waals surface area contributed by atoms with Crippen molar-refractivity contribution in [2.75, 3.05) is 7.11 Å². The molecule has 7 nitrogen and oxygen atoms in total. The van der Waals surface area contributed by atoms with E-state index in [1.807, 2.05) is 0 Å². The highest BCUT2D eigenvalue weighted by atomic mass is 19.4. The molecule has 2 aromatic rings. The Kier molecular flexibility index (Phi) is 3.83. The van der Waals surface area contributed by atoms with Crippen molar-refractivity contribution in [1.29, 1.82) is 5.26 Å². The summed E-state index contributed by atoms with van der Waals surface area (Å²) in [4.78, 5) is 12.2. The Balaban J connectivity index is 1.96. The number of nitriles is 1. The molecule has 0 aliphatic carbocycles. The summed E-state index contributed by atoms with van der Waals surface area (Å²) >= 11 is 0. The van der Waals surface area contributed by atoms with E-state index in [9.17, 15) is 28.2 Å². The lowest BCUT2D eigenvalue weighted by Gasteiger charge is -2.24. The maximum Gasteiger partial charge on any atom is 0.417 e. The van der Waals surface area contributed by atoms with Crippen LogP contribution < -0.4 is 0 Å². The van der Waals surface area contributed by atoms with E-state index in [1.54, 1.807) is 6.92 Å². The number of fused-ring (bicyclic) bond motifs is 5. The Hall–Kier alpha value is -3.45. The third kappa shape index (κ3) is 2.32. The van der Waals surface area contributed by atoms with Gasteiger partial charge in [-0.25, -0.2) is 4.79 Å². The summed E-state index contributed by atoms with van der Waals surface area (Å²) < 4.78 is 51.6. The molecule has 2 unspecified atom stereocenters. The van der Waals surface area contributed by atoms with Gasteiger partial charge in [0, 0.05) is 0 Å². The number of rotatable bonds is 2. The van der Waals surface area contributed by atoms with Crippen molar-refractivity contribution in [3.05, 3.63) is 52.1 Å². The molecule has 0 saturated heterocycles. The summed E-state index contributed by atoms with van der Waals surface area (Å²) in [6, 6.07) is 4.26. The largest absolute Gasteiger partial charge is 0.494 e. The van der Waals surface area contributed by atoms with Gasteiger partial charge in [0.15, 0.2) is 0 Å². The van der Waals surface area contributed by atoms with Gasteiger partial charge >= 0.3 is 12.1 Å². The van der Waals surface area contributed by atoms with Gasteiger partial charge in [-0.2, -0.15) is 18.4 Å². The molecule has 0 radical (unpaired) electrons. The highest BCUT2D eigenvalue weighted by molar-refractivity contribution is 5.94. The lowest BCUT2D eigenvalue weighted by atomic mass is 9.80. The number of methoxy groups -OCH3 is 1. The quantitative estimate of drug-likeness (QED) is 0.722. The number of carbonyl (C=O) groups is 1. The number of benzene rings is 1. The highest BCUT2D eigenvalue weighted by Gasteiger charge is 2.62. The van der Waals surface area contributed by atoms with Gasteiger partial charge in [0.2, 0.25) is 11.8 Å². The number of alkyl halides is 3. The van der Waals surface area contributed by atoms with Crippen LogP contribution in [-0.4, -0.2) is 27.9 Å². The maximum absolute atomic E-state index is 13.4. The fourth-order valence-electron chi connectivity index (χ4n) is 4.31. The third-order valence-electron chi connectivity index (χ3n) is 5.54. The lowest BCUT2D eigenvalue weighted by molar-refractivity contribution is -0.140. The van der Waals surface area contributed by atoms with Crippen molar-refractivity contribution >= 4 is 5.97 Å². The molecule has 2 atom stereocenters. The molecule has 2 aliphatic heterocycles. The van der Waals surface area contributed by atoms with Gasteiger partial charge < -0.3 is 19.7 Å². The van der Waals surface area contributed by atoms with Crippen LogP contribution in [0.4, 0.5) is 13.2 Å². The minimum absolute atomic E-state index is 0.0586. The van der Waals surface area contributed by atoms with E-state index in [2.05, 4.69) is 0 Å². The van der Waals surface area contributed by atoms with Crippen LogP contribution in [0.2, 0.25) is 0 Å². The van der Waals surface area contributed by atoms with Crippen LogP contribution in [0.3, 0.4) is 0 Å². The summed E-state index contributed by atoms with van der Waals surface area (Å²) in [5.74, 6) is -1.82. The number of nitrogens with zero attached hydrogens (tertiary/aromatic N) is 2. The van der Waals surface area contributed by atoms with Crippen molar-refractivity contribution in [3.8, 4) is 23.5 Å². The van der Waals surface area contributed by atoms with Crippen molar-refractivity contribution in [1.82, 2.24) is 4.57 Å². The fraction of sp³-hybridized carbons (Fsp3) is 0.300. The van der Waals surface area contributed by atoms with Gasteiger partial charge in [-0.1, -0.05) is 0 Å². The summed E-state index contributed by atoms with van der Waals surface area (Å²) in [6.45, 7) is 3.05. The Bertz CT molecular complexity index is 1190. The third-order valence-corrected chi connectivity index (χ3v) is 5.54. The van der Waals surface area contributed by atoms with Crippen LogP contribution in [0.1, 0.15) is 36.1 Å². The summed E-state index contributed by atoms with van der Waals surface area (Å²) in [6.07, 6.45) is -3.37. The molecule has 3 heterocycles. The smallest absolute Gasteiger partial charge is 0.417 e. The molecule has 0 saturated carbocycles. The maximum atomic E-state index is 13.4. The number of aromatic hydroxyl groups is 2. The van der Waals surface area contributed by atoms with E-state index in [0.29, 0.717) is 6.07 Å². The Morgan fingerprint density at radius 3 is 2.43 bits per heavy atom. The molecule has 156 valence electrons. The van der Waals surface area contributed by atoms with E-state index in [4.69, 9.17) is 14.7 Å². The van der Waals surface area contributed by atoms with E-state index in [-0.39, 0.29) is 22.4 Å². The lowest BCUT2D eigenvalue weighted by Crippen LogP contribution is -2.27. The molecular formula is C20H15F3N2O5. The molecule has 2 N–H and O–H groups in total. The van der Waals surface area contributed by atoms with Gasteiger partial charge in [0.25, 0.3) is 0 Å². The van der Waals surface area contributed by atoms with Crippen LogP contribution in [0, 0.1) is 11.3 Å². The summed E-state index contributed by atoms with van der Waals surface area (Å²) in [5.41, 5.74) is -4.50. The average Bonchev–Trinajstić information content (AvgIpc) is 3.21. The van der Waals surface area contributed by atoms with E-state index >= 15 is 0 Å². The van der Waals surface area contributed by atoms with E-state index < -0.39 is 46.2 Å². The predicted molar refractivity (Wildman–Crippen MR) is 94.7 cm³/mol. The minimum atomic E-state index is -4.82. The number of hydrogen-bond donors (Lipinski definition) is 2. The Morgan fingerprint density at radius 2 is 1.87 bits per heavy atom. The SMILES string of the molecule is COC(=O)C1=CC2(C)OC1(C)c1c2c(O)n(-c2ccc(C#N)c(C(F)(F)F)c2)c1O. The summed E-state index contributed by atoms with van der Waals surface area (Å²) in [5, 5.41) is 30.7. The van der Waals surface area contributed by atoms with Crippen LogP contribution in [-0.2, 0) is 31.6 Å². The fourth-order valence-corrected chi connectivity index (χ4v) is 4.31. The molecule has 2 bridgehead atoms. The van der Waals surface area contributed by atoms with Crippen molar-refractivity contribution in [2.24, 2.45) is 0 Å². The Morgan fingerprint density at radius 1 is 1.23 bits per heavy atom. The number of halogens is 3. The second kappa shape index (κ2) is 5.79. The number of carbonyl (C=O) groups excluding carboxylic acids is 1. The zero-order valence-corrected chi connectivity index (χ0v) is 16.0. The van der Waals surface area contributed by atoms with E-state index in [0.717, 1.165) is 10.6 Å². The number of esters is 1. The highest BCUT2D eigenvalue weighted by Crippen LogP contribution is 2.63. The number of aromatic nitrogens is 1. The second-order valence-electron chi connectivity index (χ2n) is 7.36. The first-order valence-electron chi connectivity index (χ1n) is 8.70. The average molecular weight is 420 g/mol. The van der Waals surface area contributed by atoms with Crippen LogP contribution in [0.25, 0.3) is 5.69 Å². The first-order chi connectivity index (χ1) is 13.9. The van der Waals surface area contributed by atoms with Crippen LogP contribution in [0.15, 0.2) is 29.8 Å². The molecule has 2 aliphatic rings. The molecular weight excluding hydrogens is 405 g/mol. The zero-order chi connectivity index (χ0) is 22.2. The monoisotopic (exact) mass is 420 g/mol. The molecule has 10 heteroatoms. The number of hydrogen-bond acceptors (Lipinski definition) is 6. The molecule has 4 rings (SSSR count). The topological polar surface area (TPSA) is 105 Å². The predicted octanol–water partition coefficient (Wildman–Crippen LogP) is 3.35. The van der Waals surface area contributed by atoms with Crippen molar-refractivity contribution < 1.29 is 37.7 Å².